The maximum absolute atomic E-state index is 11.0. The van der Waals surface area contributed by atoms with E-state index in [1.54, 1.807) is 0 Å². The molecular weight excluding hydrogens is 308 g/mol. The van der Waals surface area contributed by atoms with E-state index in [1.807, 2.05) is 0 Å². The molecule has 0 saturated carbocycles. The quantitative estimate of drug-likeness (QED) is 0.666. The average Bonchev–Trinajstić information content (AvgIpc) is 1.99. The molecule has 0 bridgehead atoms. The van der Waals surface area contributed by atoms with E-state index >= 15 is 0 Å². The fraction of sp³-hybridized carbons (Fsp3) is 0.143. The number of halogens is 2. The first-order chi connectivity index (χ1) is 6.79. The van der Waals surface area contributed by atoms with Crippen molar-refractivity contribution in [3.8, 4) is 0 Å². The smallest absolute Gasteiger partial charge is 0.278 e. The number of hydrogen-bond donors (Lipinski definition) is 1. The van der Waals surface area contributed by atoms with Crippen molar-refractivity contribution in [2.45, 2.75) is 11.9 Å². The van der Waals surface area contributed by atoms with Crippen LogP contribution in [0.25, 0.3) is 0 Å². The molecule has 1 heterocycles. The molecule has 82 valence electrons. The Bertz CT molecular complexity index is 503. The maximum atomic E-state index is 11.0. The first kappa shape index (κ1) is 12.4. The number of rotatable bonds is 2. The summed E-state index contributed by atoms with van der Waals surface area (Å²) in [6.45, 7) is 1.31. The molecule has 1 N–H and O–H groups in total. The molecule has 1 aromatic heterocycles. The molecule has 1 aromatic rings. The molecular formula is C7H6BrClN2O3S. The number of hydrogen-bond acceptors (Lipinski definition) is 4. The topological polar surface area (TPSA) is 76.1 Å². The average molecular weight is 314 g/mol. The van der Waals surface area contributed by atoms with Crippen molar-refractivity contribution in [2.75, 3.05) is 5.32 Å². The number of nitrogens with one attached hydrogen (secondary N) is 1. The minimum atomic E-state index is -3.90. The Morgan fingerprint density at radius 1 is 1.53 bits per heavy atom. The second-order valence-electron chi connectivity index (χ2n) is 2.64. The predicted molar refractivity (Wildman–Crippen MR) is 59.3 cm³/mol. The van der Waals surface area contributed by atoms with Crippen LogP contribution in [-0.4, -0.2) is 19.3 Å². The van der Waals surface area contributed by atoms with Crippen molar-refractivity contribution in [2.24, 2.45) is 0 Å². The molecule has 0 fully saturated rings. The van der Waals surface area contributed by atoms with Crippen LogP contribution in [0.15, 0.2) is 21.8 Å². The summed E-state index contributed by atoms with van der Waals surface area (Å²) >= 11 is 3.01. The highest BCUT2D eigenvalue weighted by Crippen LogP contribution is 2.21. The molecule has 15 heavy (non-hydrogen) atoms. The summed E-state index contributed by atoms with van der Waals surface area (Å²) in [7, 11) is 1.21. The summed E-state index contributed by atoms with van der Waals surface area (Å²) in [5.41, 5.74) is 0.309. The van der Waals surface area contributed by atoms with Crippen molar-refractivity contribution in [3.05, 3.63) is 16.7 Å². The largest absolute Gasteiger partial charge is 0.326 e. The molecule has 0 radical (unpaired) electrons. The molecule has 0 saturated heterocycles. The molecule has 0 aromatic carbocycles. The van der Waals surface area contributed by atoms with Crippen molar-refractivity contribution in [3.63, 3.8) is 0 Å². The lowest BCUT2D eigenvalue weighted by Crippen LogP contribution is -2.07. The standard InChI is InChI=1S/C7H6BrClN2O3S/c1-4(12)10-5-2-6(8)11-7(3-5)15(9,13)14/h2-3H,1H3,(H,10,11,12). The van der Waals surface area contributed by atoms with Gasteiger partial charge in [0.1, 0.15) is 4.60 Å². The Hall–Kier alpha value is -0.660. The highest BCUT2D eigenvalue weighted by molar-refractivity contribution is 9.10. The molecule has 1 amide bonds. The van der Waals surface area contributed by atoms with Crippen molar-refractivity contribution < 1.29 is 13.2 Å². The van der Waals surface area contributed by atoms with Gasteiger partial charge in [-0.05, 0) is 22.0 Å². The zero-order valence-corrected chi connectivity index (χ0v) is 10.6. The third-order valence-corrected chi connectivity index (χ3v) is 2.93. The number of aromatic nitrogens is 1. The zero-order valence-electron chi connectivity index (χ0n) is 7.49. The van der Waals surface area contributed by atoms with Gasteiger partial charge < -0.3 is 5.32 Å². The molecule has 0 aliphatic rings. The summed E-state index contributed by atoms with van der Waals surface area (Å²) in [5, 5.41) is 2.11. The maximum Gasteiger partial charge on any atom is 0.278 e. The van der Waals surface area contributed by atoms with Gasteiger partial charge in [0.15, 0.2) is 5.03 Å². The van der Waals surface area contributed by atoms with Gasteiger partial charge in [-0.15, -0.1) is 0 Å². The molecule has 0 unspecified atom stereocenters. The van der Waals surface area contributed by atoms with Gasteiger partial charge in [-0.25, -0.2) is 13.4 Å². The molecule has 1 rings (SSSR count). The van der Waals surface area contributed by atoms with Crippen molar-refractivity contribution in [1.82, 2.24) is 4.98 Å². The van der Waals surface area contributed by atoms with Crippen LogP contribution in [0.3, 0.4) is 0 Å². The van der Waals surface area contributed by atoms with Gasteiger partial charge in [0, 0.05) is 29.4 Å². The zero-order chi connectivity index (χ0) is 11.6. The molecule has 8 heteroatoms. The lowest BCUT2D eigenvalue weighted by atomic mass is 10.4. The summed E-state index contributed by atoms with van der Waals surface area (Å²) in [6.07, 6.45) is 0. The number of pyridine rings is 1. The highest BCUT2D eigenvalue weighted by atomic mass is 79.9. The first-order valence-electron chi connectivity index (χ1n) is 3.69. The first-order valence-corrected chi connectivity index (χ1v) is 6.79. The third kappa shape index (κ3) is 3.77. The van der Waals surface area contributed by atoms with Crippen molar-refractivity contribution >= 4 is 47.3 Å². The summed E-state index contributed by atoms with van der Waals surface area (Å²) in [4.78, 5) is 14.4. The van der Waals surface area contributed by atoms with Crippen LogP contribution in [-0.2, 0) is 13.8 Å². The van der Waals surface area contributed by atoms with Crippen LogP contribution in [0, 0.1) is 0 Å². The van der Waals surface area contributed by atoms with E-state index in [0.717, 1.165) is 0 Å². The summed E-state index contributed by atoms with van der Waals surface area (Å²) in [5.74, 6) is -0.314. The number of nitrogens with zero attached hydrogens (tertiary/aromatic N) is 1. The van der Waals surface area contributed by atoms with Gasteiger partial charge in [-0.3, -0.25) is 4.79 Å². The van der Waals surface area contributed by atoms with Gasteiger partial charge >= 0.3 is 0 Å². The summed E-state index contributed by atoms with van der Waals surface area (Å²) in [6, 6.07) is 2.64. The van der Waals surface area contributed by atoms with Crippen LogP contribution in [0.2, 0.25) is 0 Å². The van der Waals surface area contributed by atoms with Crippen LogP contribution < -0.4 is 5.32 Å². The number of carbonyl (C=O) groups is 1. The Labute approximate surface area is 99.4 Å². The number of amides is 1. The molecule has 0 atom stereocenters. The van der Waals surface area contributed by atoms with E-state index in [1.165, 1.54) is 19.1 Å². The third-order valence-electron chi connectivity index (χ3n) is 1.34. The molecule has 0 aliphatic carbocycles. The van der Waals surface area contributed by atoms with Gasteiger partial charge in [0.25, 0.3) is 9.05 Å². The fourth-order valence-electron chi connectivity index (χ4n) is 0.873. The molecule has 0 spiro atoms. The van der Waals surface area contributed by atoms with Crippen LogP contribution in [0.1, 0.15) is 6.92 Å². The minimum Gasteiger partial charge on any atom is -0.326 e. The van der Waals surface area contributed by atoms with Gasteiger partial charge in [-0.2, -0.15) is 0 Å². The Kier molecular flexibility index (Phi) is 3.69. The van der Waals surface area contributed by atoms with E-state index < -0.39 is 9.05 Å². The van der Waals surface area contributed by atoms with Crippen LogP contribution in [0.4, 0.5) is 5.69 Å². The Balaban J connectivity index is 3.23. The van der Waals surface area contributed by atoms with E-state index in [-0.39, 0.29) is 15.5 Å². The van der Waals surface area contributed by atoms with E-state index in [4.69, 9.17) is 10.7 Å². The van der Waals surface area contributed by atoms with Gasteiger partial charge in [0.05, 0.1) is 0 Å². The predicted octanol–water partition coefficient (Wildman–Crippen LogP) is 1.73. The molecule has 0 aliphatic heterocycles. The van der Waals surface area contributed by atoms with Crippen LogP contribution >= 0.6 is 26.6 Å². The number of anilines is 1. The fourth-order valence-corrected chi connectivity index (χ4v) is 2.14. The normalized spacial score (nSPS) is 11.1. The van der Waals surface area contributed by atoms with E-state index in [0.29, 0.717) is 5.69 Å². The Morgan fingerprint density at radius 3 is 2.60 bits per heavy atom. The second kappa shape index (κ2) is 4.46. The summed E-state index contributed by atoms with van der Waals surface area (Å²) < 4.78 is 22.3. The van der Waals surface area contributed by atoms with E-state index in [9.17, 15) is 13.2 Å². The second-order valence-corrected chi connectivity index (χ2v) is 5.96. The Morgan fingerprint density at radius 2 is 2.13 bits per heavy atom. The van der Waals surface area contributed by atoms with Crippen molar-refractivity contribution in [1.29, 1.82) is 0 Å². The van der Waals surface area contributed by atoms with Gasteiger partial charge in [0.2, 0.25) is 5.91 Å². The van der Waals surface area contributed by atoms with Gasteiger partial charge in [-0.1, -0.05) is 0 Å². The lowest BCUT2D eigenvalue weighted by molar-refractivity contribution is -0.114. The highest BCUT2D eigenvalue weighted by Gasteiger charge is 2.14. The van der Waals surface area contributed by atoms with E-state index in [2.05, 4.69) is 26.2 Å². The SMILES string of the molecule is CC(=O)Nc1cc(Br)nc(S(=O)(=O)Cl)c1. The minimum absolute atomic E-state index is 0.271. The monoisotopic (exact) mass is 312 g/mol. The van der Waals surface area contributed by atoms with Crippen LogP contribution in [0.5, 0.6) is 0 Å². The number of carbonyl (C=O) groups excluding carboxylic acids is 1. The molecule has 5 nitrogen and oxygen atoms in total. The lowest BCUT2D eigenvalue weighted by Gasteiger charge is -2.03.